The third-order valence-corrected chi connectivity index (χ3v) is 10.9. The fourth-order valence-corrected chi connectivity index (χ4v) is 8.00. The molecule has 12 heteroatoms. The fourth-order valence-electron chi connectivity index (χ4n) is 8.00. The van der Waals surface area contributed by atoms with Gasteiger partial charge in [-0.15, -0.1) is 0 Å². The maximum absolute atomic E-state index is 15.8. The van der Waals surface area contributed by atoms with Gasteiger partial charge in [-0.1, -0.05) is 30.3 Å². The number of anilines is 1. The summed E-state index contributed by atoms with van der Waals surface area (Å²) in [4.78, 5) is 40.8. The summed E-state index contributed by atoms with van der Waals surface area (Å²) in [5, 5.41) is 13.1. The molecule has 0 spiro atoms. The number of fused-ring (bicyclic) bond motifs is 2. The molecule has 2 saturated heterocycles. The van der Waals surface area contributed by atoms with Crippen molar-refractivity contribution in [3.05, 3.63) is 111 Å². The molecule has 0 aliphatic carbocycles. The lowest BCUT2D eigenvalue weighted by Crippen LogP contribution is -2.47. The van der Waals surface area contributed by atoms with Crippen molar-refractivity contribution in [1.82, 2.24) is 29.9 Å². The summed E-state index contributed by atoms with van der Waals surface area (Å²) >= 11 is 0. The number of hydrogen-bond acceptors (Lipinski definition) is 8. The van der Waals surface area contributed by atoms with Gasteiger partial charge in [-0.2, -0.15) is 5.10 Å². The van der Waals surface area contributed by atoms with Crippen molar-refractivity contribution < 1.29 is 18.7 Å². The minimum atomic E-state index is -0.381. The molecule has 268 valence electrons. The van der Waals surface area contributed by atoms with Crippen molar-refractivity contribution in [2.75, 3.05) is 25.5 Å². The molecule has 2 aromatic heterocycles. The molecule has 52 heavy (non-hydrogen) atoms. The van der Waals surface area contributed by atoms with E-state index in [4.69, 9.17) is 4.74 Å². The number of imide groups is 1. The van der Waals surface area contributed by atoms with Crippen LogP contribution >= 0.6 is 0 Å². The largest absolute Gasteiger partial charge is 0.496 e. The minimum Gasteiger partial charge on any atom is -0.496 e. The first-order chi connectivity index (χ1) is 25.2. The minimum absolute atomic E-state index is 0.191. The predicted octanol–water partition coefficient (Wildman–Crippen LogP) is 5.19. The van der Waals surface area contributed by atoms with Gasteiger partial charge in [0.05, 0.1) is 13.3 Å². The predicted molar refractivity (Wildman–Crippen MR) is 196 cm³/mol. The maximum atomic E-state index is 15.8. The van der Waals surface area contributed by atoms with Gasteiger partial charge in [0.15, 0.2) is 0 Å². The number of ether oxygens (including phenoxy) is 1. The van der Waals surface area contributed by atoms with Crippen LogP contribution in [-0.2, 0) is 42.8 Å². The fraction of sp³-hybridized carbons (Fsp3) is 0.350. The van der Waals surface area contributed by atoms with E-state index in [1.54, 1.807) is 26.6 Å². The molecule has 3 aromatic carbocycles. The molecule has 1 unspecified atom stereocenters. The number of carbonyl (C=O) groups is 2. The molecule has 0 saturated carbocycles. The topological polar surface area (TPSA) is 125 Å². The third-order valence-electron chi connectivity index (χ3n) is 10.9. The van der Waals surface area contributed by atoms with E-state index < -0.39 is 0 Å². The lowest BCUT2D eigenvalue weighted by atomic mass is 9.89. The first-order valence-corrected chi connectivity index (χ1v) is 17.9. The second-order valence-corrected chi connectivity index (χ2v) is 14.3. The van der Waals surface area contributed by atoms with Crippen LogP contribution in [0.4, 0.5) is 10.1 Å². The number of benzene rings is 3. The Bertz CT molecular complexity index is 2220. The number of aromatic amines is 1. The van der Waals surface area contributed by atoms with Crippen molar-refractivity contribution in [2.45, 2.75) is 63.8 Å². The van der Waals surface area contributed by atoms with Gasteiger partial charge in [-0.05, 0) is 90.4 Å². The van der Waals surface area contributed by atoms with Crippen molar-refractivity contribution in [3.63, 3.8) is 0 Å². The smallest absolute Gasteiger partial charge is 0.276 e. The number of hydrogen-bond donors (Lipinski definition) is 3. The van der Waals surface area contributed by atoms with E-state index in [2.05, 4.69) is 61.0 Å². The summed E-state index contributed by atoms with van der Waals surface area (Å²) < 4.78 is 23.0. The molecule has 11 nitrogen and oxygen atoms in total. The number of H-pyrrole nitrogens is 1. The number of halogens is 1. The van der Waals surface area contributed by atoms with Gasteiger partial charge in [0, 0.05) is 68.0 Å². The van der Waals surface area contributed by atoms with Crippen LogP contribution in [0.3, 0.4) is 0 Å². The van der Waals surface area contributed by atoms with Crippen LogP contribution < -0.4 is 20.9 Å². The number of pyridine rings is 1. The monoisotopic (exact) mass is 703 g/mol. The molecule has 3 aliphatic rings. The number of nitrogens with zero attached hydrogens (tertiary/aromatic N) is 4. The zero-order valence-corrected chi connectivity index (χ0v) is 29.4. The van der Waals surface area contributed by atoms with Crippen LogP contribution in [0, 0.1) is 5.82 Å². The first kappa shape index (κ1) is 33.8. The summed E-state index contributed by atoms with van der Waals surface area (Å²) in [7, 11) is 3.23. The number of carbonyl (C=O) groups excluding carboxylic acids is 2. The number of aryl methyl sites for hydroxylation is 1. The van der Waals surface area contributed by atoms with Crippen LogP contribution in [0.15, 0.2) is 71.8 Å². The Labute approximate surface area is 300 Å². The second-order valence-electron chi connectivity index (χ2n) is 14.3. The Kier molecular flexibility index (Phi) is 9.10. The van der Waals surface area contributed by atoms with Gasteiger partial charge in [-0.3, -0.25) is 34.6 Å². The van der Waals surface area contributed by atoms with E-state index in [9.17, 15) is 14.4 Å². The van der Waals surface area contributed by atoms with Gasteiger partial charge < -0.3 is 14.6 Å². The molecule has 2 fully saturated rings. The van der Waals surface area contributed by atoms with Crippen molar-refractivity contribution in [3.8, 4) is 16.9 Å². The average molecular weight is 704 g/mol. The molecule has 1 atom stereocenters. The highest BCUT2D eigenvalue weighted by Crippen LogP contribution is 2.36. The Hall–Kier alpha value is -5.33. The van der Waals surface area contributed by atoms with Crippen LogP contribution in [0.5, 0.6) is 5.75 Å². The Morgan fingerprint density at radius 3 is 2.50 bits per heavy atom. The summed E-state index contributed by atoms with van der Waals surface area (Å²) in [5.74, 6) is 0.150. The number of rotatable bonds is 9. The number of aromatic nitrogens is 3. The molecule has 5 aromatic rings. The zero-order valence-electron chi connectivity index (χ0n) is 29.4. The van der Waals surface area contributed by atoms with Gasteiger partial charge in [0.2, 0.25) is 11.8 Å². The molecular weight excluding hydrogens is 661 g/mol. The number of amides is 2. The highest BCUT2D eigenvalue weighted by Gasteiger charge is 2.27. The average Bonchev–Trinajstić information content (AvgIpc) is 3.80. The van der Waals surface area contributed by atoms with E-state index in [1.165, 1.54) is 32.9 Å². The molecule has 0 radical (unpaired) electrons. The molecule has 3 aliphatic heterocycles. The van der Waals surface area contributed by atoms with Gasteiger partial charge in [-0.25, -0.2) is 4.39 Å². The van der Waals surface area contributed by atoms with E-state index in [-0.39, 0.29) is 29.2 Å². The summed E-state index contributed by atoms with van der Waals surface area (Å²) in [5.41, 5.74) is 8.07. The van der Waals surface area contributed by atoms with Crippen molar-refractivity contribution in [2.24, 2.45) is 7.05 Å². The van der Waals surface area contributed by atoms with Crippen molar-refractivity contribution in [1.29, 1.82) is 0 Å². The zero-order chi connectivity index (χ0) is 35.9. The molecular formula is C40H42FN7O4. The van der Waals surface area contributed by atoms with Gasteiger partial charge in [0.25, 0.3) is 5.56 Å². The summed E-state index contributed by atoms with van der Waals surface area (Å²) in [6.07, 6.45) is 6.33. The Morgan fingerprint density at radius 1 is 0.942 bits per heavy atom. The maximum Gasteiger partial charge on any atom is 0.276 e. The van der Waals surface area contributed by atoms with Crippen LogP contribution in [-0.4, -0.2) is 62.6 Å². The Balaban J connectivity index is 0.870. The molecule has 2 amide bonds. The lowest BCUT2D eigenvalue weighted by Gasteiger charge is -2.32. The highest BCUT2D eigenvalue weighted by atomic mass is 19.1. The molecule has 0 bridgehead atoms. The molecule has 5 heterocycles. The van der Waals surface area contributed by atoms with Gasteiger partial charge >= 0.3 is 0 Å². The van der Waals surface area contributed by atoms with E-state index in [1.807, 2.05) is 18.2 Å². The standard InChI is InChI=1S/C40H42FN7O4/c1-46-22-32(31-18-42-45-38(31)40(46)51)28-16-34(41)33(36(17-28)52-2)23-48-20-27-4-3-24(15-29(27)21-48)19-47-13-11-26(12-14-47)25-5-7-30(8-6-25)43-35-9-10-37(49)44-39(35)50/h3-8,15-18,22,26,35,43H,9-14,19-21,23H2,1-2H3,(H,42,45)(H,44,49,50). The van der Waals surface area contributed by atoms with Crippen molar-refractivity contribution >= 4 is 28.4 Å². The lowest BCUT2D eigenvalue weighted by molar-refractivity contribution is -0.133. The van der Waals surface area contributed by atoms with Gasteiger partial charge in [0.1, 0.15) is 23.1 Å². The van der Waals surface area contributed by atoms with E-state index in [0.29, 0.717) is 58.6 Å². The Morgan fingerprint density at radius 2 is 1.73 bits per heavy atom. The van der Waals surface area contributed by atoms with E-state index >= 15 is 4.39 Å². The number of nitrogens with one attached hydrogen (secondary N) is 3. The molecule has 3 N–H and O–H groups in total. The van der Waals surface area contributed by atoms with Crippen LogP contribution in [0.1, 0.15) is 59.4 Å². The number of piperidine rings is 2. The van der Waals surface area contributed by atoms with Crippen LogP contribution in [0.25, 0.3) is 22.0 Å². The number of likely N-dealkylation sites (tertiary alicyclic amines) is 1. The SMILES string of the molecule is COc1cc(-c2cn(C)c(=O)c3[nH]ncc23)cc(F)c1CN1Cc2ccc(CN3CCC(c4ccc(NC5CCC(=O)NC5=O)cc4)CC3)cc2C1. The quantitative estimate of drug-likeness (QED) is 0.179. The summed E-state index contributed by atoms with van der Waals surface area (Å²) in [6, 6.07) is 18.1. The highest BCUT2D eigenvalue weighted by molar-refractivity contribution is 6.01. The van der Waals surface area contributed by atoms with E-state index in [0.717, 1.165) is 51.3 Å². The molecule has 8 rings (SSSR count). The normalized spacial score (nSPS) is 18.5. The third kappa shape index (κ3) is 6.71. The second kappa shape index (κ2) is 14.0. The number of methoxy groups -OCH3 is 1. The summed E-state index contributed by atoms with van der Waals surface area (Å²) in [6.45, 7) is 4.82. The van der Waals surface area contributed by atoms with Crippen LogP contribution in [0.2, 0.25) is 0 Å². The first-order valence-electron chi connectivity index (χ1n) is 17.9.